The van der Waals surface area contributed by atoms with Crippen LogP contribution in [0.2, 0.25) is 0 Å². The average molecular weight is 610 g/mol. The number of rotatable bonds is 1. The molecule has 0 amide bonds. The predicted octanol–water partition coefficient (Wildman–Crippen LogP) is 7.49. The van der Waals surface area contributed by atoms with Gasteiger partial charge in [-0.3, -0.25) is 4.79 Å². The zero-order chi connectivity index (χ0) is 22.4. The van der Waals surface area contributed by atoms with Gasteiger partial charge < -0.3 is 10.1 Å². The molecule has 0 saturated heterocycles. The van der Waals surface area contributed by atoms with Crippen molar-refractivity contribution in [3.05, 3.63) is 90.3 Å². The number of fused-ring (bicyclic) bond motifs is 6. The van der Waals surface area contributed by atoms with E-state index in [0.717, 1.165) is 10.9 Å². The molecule has 0 unspecified atom stereocenters. The SMILES string of the molecule is CC(=[OH+])/C(C)=C(/C)O.[Ir].[c-]1ccc2c3ccccc3c3cccc4c5cccnc5c1c2c34. The van der Waals surface area contributed by atoms with E-state index in [4.69, 9.17) is 9.90 Å². The Morgan fingerprint density at radius 3 is 1.94 bits per heavy atom. The normalized spacial score (nSPS) is 12.0. The number of carbonyl (C=O) groups excluding carboxylic acids is 1. The Labute approximate surface area is 205 Å². The first-order chi connectivity index (χ1) is 15.5. The van der Waals surface area contributed by atoms with Gasteiger partial charge in [-0.05, 0) is 57.7 Å². The second-order valence-electron chi connectivity index (χ2n) is 8.11. The second kappa shape index (κ2) is 8.90. The van der Waals surface area contributed by atoms with E-state index in [1.54, 1.807) is 6.92 Å². The molecule has 0 atom stereocenters. The molecule has 4 heteroatoms. The number of pyridine rings is 1. The number of ketones is 1. The summed E-state index contributed by atoms with van der Waals surface area (Å²) in [6.45, 7) is 4.73. The third kappa shape index (κ3) is 3.66. The minimum Gasteiger partial charge on any atom is -0.512 e. The van der Waals surface area contributed by atoms with E-state index in [1.807, 2.05) is 18.3 Å². The fraction of sp³-hybridized carbons (Fsp3) is 0.103. The summed E-state index contributed by atoms with van der Waals surface area (Å²) >= 11 is 0. The second-order valence-corrected chi connectivity index (χ2v) is 8.11. The predicted molar refractivity (Wildman–Crippen MR) is 135 cm³/mol. The van der Waals surface area contributed by atoms with Crippen LogP contribution >= 0.6 is 0 Å². The fourth-order valence-corrected chi connectivity index (χ4v) is 4.48. The van der Waals surface area contributed by atoms with E-state index in [2.05, 4.69) is 65.6 Å². The Morgan fingerprint density at radius 2 is 1.33 bits per heavy atom. The number of hydrogen-bond acceptors (Lipinski definition) is 2. The number of aromatic nitrogens is 1. The van der Waals surface area contributed by atoms with E-state index in [9.17, 15) is 0 Å². The molecule has 5 aromatic carbocycles. The summed E-state index contributed by atoms with van der Waals surface area (Å²) in [5.74, 6) is 0.343. The molecule has 0 aliphatic heterocycles. The molecule has 0 saturated carbocycles. The molecule has 0 fully saturated rings. The van der Waals surface area contributed by atoms with E-state index in [0.29, 0.717) is 5.57 Å². The molecule has 6 aromatic rings. The van der Waals surface area contributed by atoms with E-state index >= 15 is 0 Å². The smallest absolute Gasteiger partial charge is 0.319 e. The first-order valence-electron chi connectivity index (χ1n) is 10.6. The van der Waals surface area contributed by atoms with E-state index < -0.39 is 0 Å². The van der Waals surface area contributed by atoms with Gasteiger partial charge in [-0.15, -0.1) is 23.6 Å². The molecular formula is C29H23IrNO2. The van der Waals surface area contributed by atoms with Crippen LogP contribution in [0.1, 0.15) is 20.8 Å². The van der Waals surface area contributed by atoms with Crippen LogP contribution in [0.15, 0.2) is 84.3 Å². The Bertz CT molecular complexity index is 1470. The average Bonchev–Trinajstić information content (AvgIpc) is 2.83. The number of aliphatic hydroxyl groups is 1. The molecule has 3 nitrogen and oxygen atoms in total. The van der Waals surface area contributed by atoms with Crippen molar-refractivity contribution in [2.75, 3.05) is 0 Å². The van der Waals surface area contributed by atoms with E-state index in [-0.39, 0.29) is 31.6 Å². The summed E-state index contributed by atoms with van der Waals surface area (Å²) in [5, 5.41) is 20.1. The van der Waals surface area contributed by atoms with Crippen LogP contribution < -0.4 is 0 Å². The maximum atomic E-state index is 8.69. The number of nitrogens with zero attached hydrogens (tertiary/aromatic N) is 1. The number of hydrogen-bond donors (Lipinski definition) is 1. The first kappa shape index (κ1) is 22.8. The van der Waals surface area contributed by atoms with Gasteiger partial charge in [0.1, 0.15) is 5.76 Å². The quantitative estimate of drug-likeness (QED) is 0.0525. The van der Waals surface area contributed by atoms with Gasteiger partial charge in [0, 0.05) is 26.3 Å². The third-order valence-corrected chi connectivity index (χ3v) is 6.24. The zero-order valence-corrected chi connectivity index (χ0v) is 21.0. The summed E-state index contributed by atoms with van der Waals surface area (Å²) in [6, 6.07) is 27.1. The molecule has 6 rings (SSSR count). The van der Waals surface area contributed by atoms with Crippen LogP contribution in [0.4, 0.5) is 0 Å². The van der Waals surface area contributed by atoms with Crippen LogP contribution in [0.3, 0.4) is 0 Å². The molecule has 33 heavy (non-hydrogen) atoms. The van der Waals surface area contributed by atoms with Gasteiger partial charge in [-0.2, -0.15) is 0 Å². The van der Waals surface area contributed by atoms with E-state index in [1.165, 1.54) is 56.9 Å². The van der Waals surface area contributed by atoms with Gasteiger partial charge in [0.15, 0.2) is 0 Å². The molecular weight excluding hydrogens is 587 g/mol. The molecule has 2 N–H and O–H groups in total. The zero-order valence-electron chi connectivity index (χ0n) is 18.6. The summed E-state index contributed by atoms with van der Waals surface area (Å²) in [5.41, 5.74) is 1.59. The van der Waals surface area contributed by atoms with Crippen molar-refractivity contribution in [3.63, 3.8) is 0 Å². The third-order valence-electron chi connectivity index (χ3n) is 6.24. The van der Waals surface area contributed by atoms with Crippen molar-refractivity contribution in [3.8, 4) is 0 Å². The van der Waals surface area contributed by atoms with Crippen molar-refractivity contribution in [1.82, 2.24) is 4.98 Å². The van der Waals surface area contributed by atoms with Gasteiger partial charge in [-0.1, -0.05) is 59.3 Å². The Kier molecular flexibility index (Phi) is 6.16. The maximum absolute atomic E-state index is 8.69. The summed E-state index contributed by atoms with van der Waals surface area (Å²) in [6.07, 6.45) is 1.87. The molecule has 0 aliphatic rings. The molecule has 0 aliphatic carbocycles. The van der Waals surface area contributed by atoms with Crippen molar-refractivity contribution in [2.24, 2.45) is 0 Å². The van der Waals surface area contributed by atoms with Crippen LogP contribution in [0.25, 0.3) is 54.0 Å². The Morgan fingerprint density at radius 1 is 0.758 bits per heavy atom. The van der Waals surface area contributed by atoms with Crippen molar-refractivity contribution in [1.29, 1.82) is 0 Å². The maximum Gasteiger partial charge on any atom is 0.319 e. The monoisotopic (exact) mass is 610 g/mol. The Hall–Kier alpha value is -3.33. The van der Waals surface area contributed by atoms with Crippen LogP contribution in [-0.4, -0.2) is 20.7 Å². The molecule has 165 valence electrons. The standard InChI is InChI=1S/C23H12N.C6H10O2.Ir/c1-2-7-15-14(6-1)16-8-3-10-18-19-12-5-13-24-23(19)20-11-4-9-17(15)22(20)21(16)18;1-4(5(2)7)6(3)8;/h1-10,12-13H;7H,1-3H3;/q-1;;/p+1/b;5-4-;. The van der Waals surface area contributed by atoms with Gasteiger partial charge in [0.2, 0.25) is 0 Å². The van der Waals surface area contributed by atoms with Crippen LogP contribution in [0.5, 0.6) is 0 Å². The van der Waals surface area contributed by atoms with Gasteiger partial charge >= 0.3 is 5.78 Å². The van der Waals surface area contributed by atoms with Crippen molar-refractivity contribution >= 4 is 59.8 Å². The summed E-state index contributed by atoms with van der Waals surface area (Å²) in [4.78, 5) is 13.4. The largest absolute Gasteiger partial charge is 0.512 e. The number of aliphatic hydroxyl groups excluding tert-OH is 1. The molecule has 1 heterocycles. The topological polar surface area (TPSA) is 54.5 Å². The molecule has 0 bridgehead atoms. The van der Waals surface area contributed by atoms with Crippen molar-refractivity contribution < 1.29 is 30.0 Å². The molecule has 1 aromatic heterocycles. The van der Waals surface area contributed by atoms with Crippen LogP contribution in [-0.2, 0) is 20.1 Å². The van der Waals surface area contributed by atoms with Crippen LogP contribution in [0, 0.1) is 6.07 Å². The van der Waals surface area contributed by atoms with Gasteiger partial charge in [-0.25, -0.2) is 0 Å². The fourth-order valence-electron chi connectivity index (χ4n) is 4.48. The van der Waals surface area contributed by atoms with Gasteiger partial charge in [0.25, 0.3) is 0 Å². The Balaban J connectivity index is 0.000000252. The first-order valence-corrected chi connectivity index (χ1v) is 10.6. The van der Waals surface area contributed by atoms with Gasteiger partial charge in [0.05, 0.1) is 12.5 Å². The minimum atomic E-state index is 0. The molecule has 0 spiro atoms. The summed E-state index contributed by atoms with van der Waals surface area (Å²) < 4.78 is 0. The summed E-state index contributed by atoms with van der Waals surface area (Å²) in [7, 11) is 0. The number of allylic oxidation sites excluding steroid dienone is 2. The minimum absolute atomic E-state index is 0. The van der Waals surface area contributed by atoms with Crippen molar-refractivity contribution in [2.45, 2.75) is 20.8 Å². The number of benzene rings is 5. The molecule has 1 radical (unpaired) electrons.